The number of aromatic amines is 1. The zero-order valence-corrected chi connectivity index (χ0v) is 20.8. The molecule has 1 fully saturated rings. The number of aliphatic hydroxyl groups is 1. The van der Waals surface area contributed by atoms with Gasteiger partial charge in [-0.15, -0.1) is 0 Å². The van der Waals surface area contributed by atoms with Crippen molar-refractivity contribution in [3.05, 3.63) is 48.4 Å². The number of anilines is 2. The molecular weight excluding hydrogens is 476 g/mol. The lowest BCUT2D eigenvalue weighted by atomic mass is 10.1. The molecule has 0 spiro atoms. The predicted molar refractivity (Wildman–Crippen MR) is 138 cm³/mol. The third-order valence-electron chi connectivity index (χ3n) is 6.20. The minimum Gasteiger partial charge on any atom is -0.495 e. The normalized spacial score (nSPS) is 14.0. The first-order valence-electron chi connectivity index (χ1n) is 12.2. The van der Waals surface area contributed by atoms with Crippen molar-refractivity contribution in [2.45, 2.75) is 18.9 Å². The van der Waals surface area contributed by atoms with Gasteiger partial charge in [0.2, 0.25) is 11.8 Å². The second-order valence-corrected chi connectivity index (χ2v) is 8.79. The Balaban J connectivity index is 1.50. The number of benzene rings is 1. The summed E-state index contributed by atoms with van der Waals surface area (Å²) in [6.45, 7) is 1.34. The lowest BCUT2D eigenvalue weighted by Crippen LogP contribution is -2.26. The number of rotatable bonds is 9. The third kappa shape index (κ3) is 5.37. The Bertz CT molecular complexity index is 1390. The van der Waals surface area contributed by atoms with Gasteiger partial charge in [0.15, 0.2) is 0 Å². The number of hydrogen-bond donors (Lipinski definition) is 4. The number of fused-ring (bicyclic) bond motifs is 1. The number of methoxy groups -OCH3 is 1. The largest absolute Gasteiger partial charge is 0.495 e. The summed E-state index contributed by atoms with van der Waals surface area (Å²) >= 11 is 0. The molecule has 1 saturated heterocycles. The second-order valence-electron chi connectivity index (χ2n) is 8.79. The first kappa shape index (κ1) is 24.6. The van der Waals surface area contributed by atoms with Gasteiger partial charge in [0.1, 0.15) is 17.5 Å². The molecule has 0 radical (unpaired) electrons. The molecule has 3 aromatic heterocycles. The Hall–Kier alpha value is -4.09. The van der Waals surface area contributed by atoms with Crippen LogP contribution in [0.5, 0.6) is 11.6 Å². The maximum absolute atomic E-state index is 12.3. The molecule has 5 rings (SSSR count). The van der Waals surface area contributed by atoms with Gasteiger partial charge >= 0.3 is 0 Å². The van der Waals surface area contributed by atoms with Gasteiger partial charge in [0, 0.05) is 61.7 Å². The Morgan fingerprint density at radius 3 is 2.84 bits per heavy atom. The van der Waals surface area contributed by atoms with Crippen molar-refractivity contribution in [1.29, 1.82) is 0 Å². The van der Waals surface area contributed by atoms with Crippen molar-refractivity contribution in [3.8, 4) is 22.8 Å². The molecule has 4 heterocycles. The van der Waals surface area contributed by atoms with Gasteiger partial charge in [0.25, 0.3) is 5.91 Å². The maximum atomic E-state index is 12.3. The summed E-state index contributed by atoms with van der Waals surface area (Å²) < 4.78 is 19.4. The number of ether oxygens (including phenoxy) is 3. The number of hydrogen-bond acceptors (Lipinski definition) is 8. The average Bonchev–Trinajstić information content (AvgIpc) is 3.54. The van der Waals surface area contributed by atoms with E-state index in [1.807, 2.05) is 36.3 Å². The van der Waals surface area contributed by atoms with Crippen LogP contribution < -0.4 is 20.1 Å². The smallest absolute Gasteiger partial charge is 0.251 e. The van der Waals surface area contributed by atoms with E-state index in [-0.39, 0.29) is 25.2 Å². The number of aromatic nitrogens is 4. The molecule has 1 aliphatic heterocycles. The monoisotopic (exact) mass is 506 g/mol. The molecule has 1 aliphatic rings. The number of aliphatic hydroxyl groups excluding tert-OH is 1. The molecule has 0 aliphatic carbocycles. The van der Waals surface area contributed by atoms with Crippen LogP contribution in [-0.2, 0) is 11.8 Å². The van der Waals surface area contributed by atoms with Gasteiger partial charge in [-0.25, -0.2) is 0 Å². The van der Waals surface area contributed by atoms with E-state index in [0.717, 1.165) is 29.4 Å². The van der Waals surface area contributed by atoms with Crippen molar-refractivity contribution >= 4 is 28.6 Å². The molecule has 0 unspecified atom stereocenters. The molecule has 0 atom stereocenters. The topological polar surface area (TPSA) is 136 Å². The lowest BCUT2D eigenvalue weighted by molar-refractivity contribution is 0.0244. The first-order chi connectivity index (χ1) is 18.1. The van der Waals surface area contributed by atoms with Crippen molar-refractivity contribution in [3.63, 3.8) is 0 Å². The summed E-state index contributed by atoms with van der Waals surface area (Å²) in [4.78, 5) is 25.0. The van der Waals surface area contributed by atoms with E-state index >= 15 is 0 Å². The summed E-state index contributed by atoms with van der Waals surface area (Å²) in [5, 5.41) is 15.6. The van der Waals surface area contributed by atoms with Crippen LogP contribution in [0.1, 0.15) is 23.2 Å². The number of H-pyrrole nitrogens is 1. The van der Waals surface area contributed by atoms with Crippen LogP contribution in [0, 0.1) is 0 Å². The number of amides is 1. The maximum Gasteiger partial charge on any atom is 0.251 e. The van der Waals surface area contributed by atoms with Crippen molar-refractivity contribution in [1.82, 2.24) is 24.8 Å². The highest BCUT2D eigenvalue weighted by atomic mass is 16.5. The molecular formula is C26H30N6O5. The van der Waals surface area contributed by atoms with Crippen LogP contribution in [0.25, 0.3) is 22.2 Å². The van der Waals surface area contributed by atoms with Crippen LogP contribution in [0.15, 0.2) is 42.9 Å². The predicted octanol–water partition coefficient (Wildman–Crippen LogP) is 3.00. The highest BCUT2D eigenvalue weighted by Gasteiger charge is 2.22. The fraction of sp³-hybridized carbons (Fsp3) is 0.346. The number of carbonyl (C=O) groups is 1. The quantitative estimate of drug-likeness (QED) is 0.272. The van der Waals surface area contributed by atoms with Crippen LogP contribution in [0.3, 0.4) is 0 Å². The van der Waals surface area contributed by atoms with Gasteiger partial charge in [-0.05, 0) is 24.3 Å². The van der Waals surface area contributed by atoms with E-state index in [4.69, 9.17) is 29.3 Å². The standard InChI is InChI=1S/C26H30N6O5/c1-32-9-5-17(15-32)19-14-28-23-22(19)25(37-18-6-11-36-12-7-18)31-26(30-23)29-20-4-3-16(13-21(20)35-2)24(34)27-8-10-33/h3-5,9,13-15,18,33H,6-8,10-12H2,1-2H3,(H,27,34)(H2,28,29,30,31). The first-order valence-corrected chi connectivity index (χ1v) is 12.2. The van der Waals surface area contributed by atoms with Crippen molar-refractivity contribution < 1.29 is 24.1 Å². The average molecular weight is 507 g/mol. The number of carbonyl (C=O) groups excluding carboxylic acids is 1. The fourth-order valence-electron chi connectivity index (χ4n) is 4.31. The lowest BCUT2D eigenvalue weighted by Gasteiger charge is -2.23. The van der Waals surface area contributed by atoms with Crippen LogP contribution in [-0.4, -0.2) is 70.1 Å². The molecule has 37 heavy (non-hydrogen) atoms. The molecule has 4 N–H and O–H groups in total. The molecule has 0 saturated carbocycles. The molecule has 11 nitrogen and oxygen atoms in total. The Morgan fingerprint density at radius 2 is 2.11 bits per heavy atom. The third-order valence-corrected chi connectivity index (χ3v) is 6.20. The zero-order chi connectivity index (χ0) is 25.8. The summed E-state index contributed by atoms with van der Waals surface area (Å²) in [7, 11) is 3.50. The minimum absolute atomic E-state index is 0.00974. The van der Waals surface area contributed by atoms with Crippen LogP contribution in [0.2, 0.25) is 0 Å². The van der Waals surface area contributed by atoms with Gasteiger partial charge in [-0.1, -0.05) is 0 Å². The molecule has 11 heteroatoms. The van der Waals surface area contributed by atoms with E-state index < -0.39 is 0 Å². The molecule has 194 valence electrons. The molecule has 1 aromatic carbocycles. The number of nitrogens with zero attached hydrogens (tertiary/aromatic N) is 3. The number of nitrogens with one attached hydrogen (secondary N) is 3. The SMILES string of the molecule is COc1cc(C(=O)NCCO)ccc1Nc1nc(OC2CCOCC2)c2c(-c3ccn(C)c3)c[nH]c2n1. The van der Waals surface area contributed by atoms with Crippen molar-refractivity contribution in [2.75, 3.05) is 38.8 Å². The molecule has 1 amide bonds. The van der Waals surface area contributed by atoms with Crippen LogP contribution >= 0.6 is 0 Å². The number of aryl methyl sites for hydroxylation is 1. The Morgan fingerprint density at radius 1 is 1.27 bits per heavy atom. The van der Waals surface area contributed by atoms with E-state index in [2.05, 4.69) is 15.6 Å². The summed E-state index contributed by atoms with van der Waals surface area (Å²) in [6.07, 6.45) is 7.50. The molecule has 0 bridgehead atoms. The van der Waals surface area contributed by atoms with Gasteiger partial charge < -0.3 is 39.5 Å². The van der Waals surface area contributed by atoms with Gasteiger partial charge in [0.05, 0.1) is 38.0 Å². The van der Waals surface area contributed by atoms with Gasteiger partial charge in [-0.2, -0.15) is 9.97 Å². The van der Waals surface area contributed by atoms with E-state index in [1.165, 1.54) is 7.11 Å². The zero-order valence-electron chi connectivity index (χ0n) is 20.8. The highest BCUT2D eigenvalue weighted by Crippen LogP contribution is 2.37. The highest BCUT2D eigenvalue weighted by molar-refractivity contribution is 5.98. The van der Waals surface area contributed by atoms with E-state index in [0.29, 0.717) is 47.7 Å². The van der Waals surface area contributed by atoms with Gasteiger partial charge in [-0.3, -0.25) is 4.79 Å². The summed E-state index contributed by atoms with van der Waals surface area (Å²) in [5.41, 5.74) is 3.63. The fourth-order valence-corrected chi connectivity index (χ4v) is 4.31. The Labute approximate surface area is 213 Å². The van der Waals surface area contributed by atoms with Crippen LogP contribution in [0.4, 0.5) is 11.6 Å². The second kappa shape index (κ2) is 10.9. The van der Waals surface area contributed by atoms with Crippen molar-refractivity contribution in [2.24, 2.45) is 7.05 Å². The summed E-state index contributed by atoms with van der Waals surface area (Å²) in [5.74, 6) is 0.956. The van der Waals surface area contributed by atoms with E-state index in [1.54, 1.807) is 18.2 Å². The Kier molecular flexibility index (Phi) is 7.24. The van der Waals surface area contributed by atoms with E-state index in [9.17, 15) is 4.79 Å². The minimum atomic E-state index is -0.302. The molecule has 4 aromatic rings. The summed E-state index contributed by atoms with van der Waals surface area (Å²) in [6, 6.07) is 7.05.